The van der Waals surface area contributed by atoms with Crippen molar-refractivity contribution < 1.29 is 14.5 Å². The van der Waals surface area contributed by atoms with Crippen molar-refractivity contribution in [3.05, 3.63) is 34.9 Å². The van der Waals surface area contributed by atoms with E-state index in [1.807, 2.05) is 36.1 Å². The van der Waals surface area contributed by atoms with E-state index < -0.39 is 0 Å². The number of nitrogens with one attached hydrogen (secondary N) is 2. The second kappa shape index (κ2) is 7.61. The third-order valence-corrected chi connectivity index (χ3v) is 4.29. The molecule has 0 bridgehead atoms. The molecule has 0 unspecified atom stereocenters. The molecular weight excluding hydrogens is 302 g/mol. The molecule has 1 atom stereocenters. The number of hydrogen-bond donors (Lipinski definition) is 2. The molecule has 1 aliphatic heterocycles. The van der Waals surface area contributed by atoms with Crippen molar-refractivity contribution in [2.45, 2.75) is 19.9 Å². The van der Waals surface area contributed by atoms with E-state index in [0.29, 0.717) is 11.6 Å². The van der Waals surface area contributed by atoms with Gasteiger partial charge in [-0.2, -0.15) is 0 Å². The summed E-state index contributed by atoms with van der Waals surface area (Å²) in [6.45, 7) is 7.06. The van der Waals surface area contributed by atoms with Crippen molar-refractivity contribution in [3.8, 4) is 0 Å². The molecule has 1 aromatic carbocycles. The van der Waals surface area contributed by atoms with Crippen LogP contribution in [0.2, 0.25) is 5.02 Å². The van der Waals surface area contributed by atoms with Crippen LogP contribution in [0.3, 0.4) is 0 Å². The zero-order valence-electron chi connectivity index (χ0n) is 13.1. The smallest absolute Gasteiger partial charge is 0.275 e. The number of nitrogens with zero attached hydrogens (tertiary/aromatic N) is 1. The molecule has 0 aliphatic carbocycles. The highest BCUT2D eigenvalue weighted by Gasteiger charge is 2.23. The highest BCUT2D eigenvalue weighted by atomic mass is 35.5. The van der Waals surface area contributed by atoms with E-state index in [4.69, 9.17) is 11.6 Å². The standard InChI is InChI=1S/C16H22ClN3O2/c1-12(14-4-3-5-15(17)10-14)18-16(22)11-19-6-8-20(9-7-19)13(2)21/h3-5,10,12H,6-9,11H2,1-2H3,(H,18,22)/p+1/t12-/m1/s1. The van der Waals surface area contributed by atoms with Crippen LogP contribution in [0.1, 0.15) is 25.5 Å². The van der Waals surface area contributed by atoms with E-state index in [2.05, 4.69) is 5.32 Å². The number of quaternary nitrogens is 1. The first kappa shape index (κ1) is 16.8. The molecule has 1 saturated heterocycles. The summed E-state index contributed by atoms with van der Waals surface area (Å²) in [7, 11) is 0. The van der Waals surface area contributed by atoms with Gasteiger partial charge in [-0.3, -0.25) is 9.59 Å². The molecule has 1 aromatic rings. The van der Waals surface area contributed by atoms with Crippen LogP contribution in [0.25, 0.3) is 0 Å². The molecule has 6 heteroatoms. The maximum absolute atomic E-state index is 12.1. The number of hydrogen-bond acceptors (Lipinski definition) is 2. The summed E-state index contributed by atoms with van der Waals surface area (Å²) in [6.07, 6.45) is 0. The summed E-state index contributed by atoms with van der Waals surface area (Å²) in [5.41, 5.74) is 0.997. The fraction of sp³-hybridized carbons (Fsp3) is 0.500. The molecule has 2 amide bonds. The fourth-order valence-electron chi connectivity index (χ4n) is 2.69. The normalized spacial score (nSPS) is 17.1. The Morgan fingerprint density at radius 2 is 2.05 bits per heavy atom. The molecule has 1 aliphatic rings. The highest BCUT2D eigenvalue weighted by molar-refractivity contribution is 6.30. The maximum atomic E-state index is 12.1. The van der Waals surface area contributed by atoms with Crippen LogP contribution in [0.15, 0.2) is 24.3 Å². The van der Waals surface area contributed by atoms with Crippen LogP contribution in [0.5, 0.6) is 0 Å². The summed E-state index contributed by atoms with van der Waals surface area (Å²) in [5, 5.41) is 3.68. The zero-order valence-corrected chi connectivity index (χ0v) is 13.8. The van der Waals surface area contributed by atoms with E-state index in [-0.39, 0.29) is 17.9 Å². The van der Waals surface area contributed by atoms with E-state index in [1.54, 1.807) is 6.92 Å². The van der Waals surface area contributed by atoms with Crippen molar-refractivity contribution in [2.75, 3.05) is 32.7 Å². The average molecular weight is 325 g/mol. The quantitative estimate of drug-likeness (QED) is 0.835. The van der Waals surface area contributed by atoms with Gasteiger partial charge < -0.3 is 15.1 Å². The zero-order chi connectivity index (χ0) is 16.1. The molecule has 0 aromatic heterocycles. The third-order valence-electron chi connectivity index (χ3n) is 4.05. The van der Waals surface area contributed by atoms with Crippen molar-refractivity contribution in [3.63, 3.8) is 0 Å². The SMILES string of the molecule is CC(=O)N1CC[NH+](CC(=O)N[C@H](C)c2cccc(Cl)c2)CC1. The van der Waals surface area contributed by atoms with Gasteiger partial charge in [0.25, 0.3) is 5.91 Å². The molecular formula is C16H23ClN3O2+. The van der Waals surface area contributed by atoms with Crippen molar-refractivity contribution in [1.82, 2.24) is 10.2 Å². The predicted octanol–water partition coefficient (Wildman–Crippen LogP) is 0.264. The van der Waals surface area contributed by atoms with Gasteiger partial charge in [0.2, 0.25) is 5.91 Å². The first-order valence-corrected chi connectivity index (χ1v) is 7.97. The van der Waals surface area contributed by atoms with Gasteiger partial charge in [-0.25, -0.2) is 0 Å². The van der Waals surface area contributed by atoms with Gasteiger partial charge in [0, 0.05) is 11.9 Å². The second-order valence-corrected chi connectivity index (χ2v) is 6.21. The van der Waals surface area contributed by atoms with Gasteiger partial charge in [-0.05, 0) is 24.6 Å². The van der Waals surface area contributed by atoms with Crippen LogP contribution in [-0.2, 0) is 9.59 Å². The molecule has 120 valence electrons. The number of benzene rings is 1. The molecule has 1 heterocycles. The number of piperazine rings is 1. The number of rotatable bonds is 4. The molecule has 0 radical (unpaired) electrons. The Bertz CT molecular complexity index is 542. The summed E-state index contributed by atoms with van der Waals surface area (Å²) in [5.74, 6) is 0.136. The number of carbonyl (C=O) groups is 2. The lowest BCUT2D eigenvalue weighted by Gasteiger charge is -2.31. The van der Waals surface area contributed by atoms with Crippen LogP contribution >= 0.6 is 11.6 Å². The Hall–Kier alpha value is -1.59. The second-order valence-electron chi connectivity index (χ2n) is 5.78. The molecule has 0 saturated carbocycles. The number of carbonyl (C=O) groups excluding carboxylic acids is 2. The largest absolute Gasteiger partial charge is 0.345 e. The summed E-state index contributed by atoms with van der Waals surface area (Å²) < 4.78 is 0. The Labute approximate surface area is 136 Å². The van der Waals surface area contributed by atoms with Crippen LogP contribution in [-0.4, -0.2) is 49.4 Å². The predicted molar refractivity (Wildman–Crippen MR) is 85.8 cm³/mol. The molecule has 0 spiro atoms. The fourth-order valence-corrected chi connectivity index (χ4v) is 2.89. The summed E-state index contributed by atoms with van der Waals surface area (Å²) in [4.78, 5) is 26.5. The Morgan fingerprint density at radius 3 is 2.64 bits per heavy atom. The van der Waals surface area contributed by atoms with Crippen LogP contribution in [0.4, 0.5) is 0 Å². The van der Waals surface area contributed by atoms with Crippen molar-refractivity contribution in [1.29, 1.82) is 0 Å². The Morgan fingerprint density at radius 1 is 1.36 bits per heavy atom. The van der Waals surface area contributed by atoms with Gasteiger partial charge in [-0.1, -0.05) is 23.7 Å². The van der Waals surface area contributed by atoms with Crippen LogP contribution < -0.4 is 10.2 Å². The van der Waals surface area contributed by atoms with E-state index in [1.165, 1.54) is 4.90 Å². The lowest BCUT2D eigenvalue weighted by atomic mass is 10.1. The highest BCUT2D eigenvalue weighted by Crippen LogP contribution is 2.16. The first-order chi connectivity index (χ1) is 10.5. The maximum Gasteiger partial charge on any atom is 0.275 e. The molecule has 2 N–H and O–H groups in total. The Balaban J connectivity index is 1.80. The molecule has 2 rings (SSSR count). The summed E-state index contributed by atoms with van der Waals surface area (Å²) >= 11 is 5.97. The number of amides is 2. The minimum Gasteiger partial charge on any atom is -0.345 e. The minimum absolute atomic E-state index is 0.0266. The lowest BCUT2D eigenvalue weighted by Crippen LogP contribution is -3.15. The minimum atomic E-state index is -0.0656. The van der Waals surface area contributed by atoms with Crippen LogP contribution in [0, 0.1) is 0 Å². The average Bonchev–Trinajstić information content (AvgIpc) is 2.47. The van der Waals surface area contributed by atoms with Crippen molar-refractivity contribution in [2.24, 2.45) is 0 Å². The van der Waals surface area contributed by atoms with Crippen molar-refractivity contribution >= 4 is 23.4 Å². The molecule has 22 heavy (non-hydrogen) atoms. The van der Waals surface area contributed by atoms with Gasteiger partial charge in [0.1, 0.15) is 0 Å². The van der Waals surface area contributed by atoms with E-state index >= 15 is 0 Å². The third kappa shape index (κ3) is 4.71. The lowest BCUT2D eigenvalue weighted by molar-refractivity contribution is -0.896. The topological polar surface area (TPSA) is 53.9 Å². The molecule has 5 nitrogen and oxygen atoms in total. The summed E-state index contributed by atoms with van der Waals surface area (Å²) in [6, 6.07) is 7.45. The number of halogens is 1. The molecule has 1 fully saturated rings. The first-order valence-electron chi connectivity index (χ1n) is 7.59. The Kier molecular flexibility index (Phi) is 5.80. The monoisotopic (exact) mass is 324 g/mol. The van der Waals surface area contributed by atoms with E-state index in [9.17, 15) is 9.59 Å². The van der Waals surface area contributed by atoms with E-state index in [0.717, 1.165) is 31.7 Å². The van der Waals surface area contributed by atoms with Gasteiger partial charge >= 0.3 is 0 Å². The van der Waals surface area contributed by atoms with Gasteiger partial charge in [-0.15, -0.1) is 0 Å². The van der Waals surface area contributed by atoms with Gasteiger partial charge in [0.15, 0.2) is 6.54 Å². The van der Waals surface area contributed by atoms with Gasteiger partial charge in [0.05, 0.1) is 32.2 Å².